The fraction of sp³-hybridized carbons (Fsp3) is 0.458. The van der Waals surface area contributed by atoms with E-state index in [1.54, 1.807) is 26.8 Å². The van der Waals surface area contributed by atoms with Crippen LogP contribution in [0.1, 0.15) is 52.5 Å². The van der Waals surface area contributed by atoms with Crippen LogP contribution in [0.5, 0.6) is 0 Å². The van der Waals surface area contributed by atoms with E-state index in [0.29, 0.717) is 23.4 Å². The van der Waals surface area contributed by atoms with Gasteiger partial charge in [0.05, 0.1) is 35.8 Å². The predicted octanol–water partition coefficient (Wildman–Crippen LogP) is 3.66. The molecule has 1 heterocycles. The number of benzene rings is 1. The summed E-state index contributed by atoms with van der Waals surface area (Å²) in [6.07, 6.45) is -0.607. The first-order valence-corrected chi connectivity index (χ1v) is 11.2. The maximum atomic E-state index is 12.9. The van der Waals surface area contributed by atoms with Gasteiger partial charge >= 0.3 is 18.0 Å². The molecule has 0 saturated carbocycles. The van der Waals surface area contributed by atoms with E-state index in [1.165, 1.54) is 25.3 Å². The Morgan fingerprint density at radius 1 is 1.20 bits per heavy atom. The van der Waals surface area contributed by atoms with Gasteiger partial charge in [-0.1, -0.05) is 26.0 Å². The van der Waals surface area contributed by atoms with Gasteiger partial charge in [-0.05, 0) is 38.7 Å². The van der Waals surface area contributed by atoms with Gasteiger partial charge in [0.25, 0.3) is 5.69 Å². The van der Waals surface area contributed by atoms with Crippen LogP contribution in [0.15, 0.2) is 47.0 Å². The number of nitrogens with zero attached hydrogens (tertiary/aromatic N) is 1. The number of nitro benzene ring substituents is 1. The van der Waals surface area contributed by atoms with E-state index in [-0.39, 0.29) is 29.5 Å². The second-order valence-corrected chi connectivity index (χ2v) is 8.40. The highest BCUT2D eigenvalue weighted by molar-refractivity contribution is 5.92. The monoisotopic (exact) mass is 489 g/mol. The van der Waals surface area contributed by atoms with Crippen molar-refractivity contribution in [2.45, 2.75) is 53.0 Å². The van der Waals surface area contributed by atoms with E-state index in [1.807, 2.05) is 13.8 Å². The number of amides is 1. The molecule has 0 unspecified atom stereocenters. The molecule has 0 bridgehead atoms. The van der Waals surface area contributed by atoms with Gasteiger partial charge in [-0.3, -0.25) is 10.1 Å². The average Bonchev–Trinajstić information content (AvgIpc) is 2.79. The third-order valence-electron chi connectivity index (χ3n) is 5.29. The first kappa shape index (κ1) is 27.4. The number of ether oxygens (including phenoxy) is 3. The minimum absolute atomic E-state index is 0.0427. The zero-order valence-corrected chi connectivity index (χ0v) is 20.7. The van der Waals surface area contributed by atoms with E-state index in [2.05, 4.69) is 10.6 Å². The lowest BCUT2D eigenvalue weighted by atomic mass is 9.85. The van der Waals surface area contributed by atoms with Crippen LogP contribution in [0.2, 0.25) is 0 Å². The van der Waals surface area contributed by atoms with Crippen LogP contribution in [0.4, 0.5) is 10.5 Å². The van der Waals surface area contributed by atoms with Crippen molar-refractivity contribution in [1.29, 1.82) is 0 Å². The van der Waals surface area contributed by atoms with Crippen molar-refractivity contribution < 1.29 is 33.5 Å². The van der Waals surface area contributed by atoms with Crippen LogP contribution >= 0.6 is 0 Å². The number of methoxy groups -OCH3 is 1. The lowest BCUT2D eigenvalue weighted by molar-refractivity contribution is -0.384. The number of hydrogen-bond donors (Lipinski definition) is 2. The fourth-order valence-corrected chi connectivity index (χ4v) is 3.83. The Hall–Kier alpha value is -3.89. The van der Waals surface area contributed by atoms with Crippen molar-refractivity contribution in [3.8, 4) is 0 Å². The highest BCUT2D eigenvalue weighted by atomic mass is 16.6. The molecule has 0 aromatic heterocycles. The van der Waals surface area contributed by atoms with E-state index >= 15 is 0 Å². The molecule has 1 aromatic rings. The molecule has 2 rings (SSSR count). The summed E-state index contributed by atoms with van der Waals surface area (Å²) in [5.74, 6) is -2.13. The summed E-state index contributed by atoms with van der Waals surface area (Å²) in [5, 5.41) is 16.9. The Kier molecular flexibility index (Phi) is 9.38. The molecule has 1 aromatic carbocycles. The second kappa shape index (κ2) is 12.0. The number of dihydropyridines is 1. The fourth-order valence-electron chi connectivity index (χ4n) is 3.83. The van der Waals surface area contributed by atoms with Crippen molar-refractivity contribution in [2.75, 3.05) is 13.7 Å². The van der Waals surface area contributed by atoms with Crippen molar-refractivity contribution in [1.82, 2.24) is 10.6 Å². The number of nitrogens with one attached hydrogen (secondary N) is 2. The van der Waals surface area contributed by atoms with E-state index in [9.17, 15) is 24.5 Å². The van der Waals surface area contributed by atoms with Gasteiger partial charge in [0.1, 0.15) is 11.8 Å². The van der Waals surface area contributed by atoms with Crippen LogP contribution in [0.3, 0.4) is 0 Å². The SMILES string of the molecule is CCOC(=O)[C@@H](CC(C)C)NC(=O)OC1=C(C)NC(C)=C(C(=O)OC)[C@H]1c1cccc([N+](=O)[O-])c1. The first-order valence-electron chi connectivity index (χ1n) is 11.2. The van der Waals surface area contributed by atoms with E-state index in [0.717, 1.165) is 0 Å². The molecule has 1 aliphatic heterocycles. The number of non-ortho nitro benzene ring substituents is 1. The summed E-state index contributed by atoms with van der Waals surface area (Å²) in [6, 6.07) is 4.76. The van der Waals surface area contributed by atoms with Gasteiger partial charge in [0, 0.05) is 17.8 Å². The third kappa shape index (κ3) is 6.81. The van der Waals surface area contributed by atoms with Crippen molar-refractivity contribution in [2.24, 2.45) is 5.92 Å². The highest BCUT2D eigenvalue weighted by Crippen LogP contribution is 2.40. The van der Waals surface area contributed by atoms with Gasteiger partial charge in [-0.15, -0.1) is 0 Å². The maximum Gasteiger partial charge on any atom is 0.413 e. The van der Waals surface area contributed by atoms with Gasteiger partial charge in [-0.2, -0.15) is 0 Å². The molecule has 2 N–H and O–H groups in total. The summed E-state index contributed by atoms with van der Waals surface area (Å²) >= 11 is 0. The number of nitro groups is 1. The second-order valence-electron chi connectivity index (χ2n) is 8.40. The summed E-state index contributed by atoms with van der Waals surface area (Å²) in [6.45, 7) is 8.89. The molecule has 2 atom stereocenters. The van der Waals surface area contributed by atoms with Crippen molar-refractivity contribution in [3.05, 3.63) is 62.7 Å². The Labute approximate surface area is 203 Å². The molecule has 11 heteroatoms. The zero-order chi connectivity index (χ0) is 26.3. The van der Waals surface area contributed by atoms with Crippen LogP contribution < -0.4 is 10.6 Å². The summed E-state index contributed by atoms with van der Waals surface area (Å²) in [5.41, 5.74) is 1.15. The molecular formula is C24H31N3O8. The molecule has 1 amide bonds. The molecule has 0 aliphatic carbocycles. The topological polar surface area (TPSA) is 146 Å². The van der Waals surface area contributed by atoms with Crippen LogP contribution in [-0.4, -0.2) is 42.7 Å². The van der Waals surface area contributed by atoms with Gasteiger partial charge in [0.15, 0.2) is 0 Å². The smallest absolute Gasteiger partial charge is 0.413 e. The Morgan fingerprint density at radius 3 is 2.46 bits per heavy atom. The normalized spacial score (nSPS) is 16.4. The molecule has 0 spiro atoms. The predicted molar refractivity (Wildman–Crippen MR) is 126 cm³/mol. The average molecular weight is 490 g/mol. The number of carbonyl (C=O) groups excluding carboxylic acids is 3. The first-order chi connectivity index (χ1) is 16.5. The molecule has 1 aliphatic rings. The Morgan fingerprint density at radius 2 is 1.89 bits per heavy atom. The maximum absolute atomic E-state index is 12.9. The quantitative estimate of drug-likeness (QED) is 0.229. The molecule has 0 radical (unpaired) electrons. The van der Waals surface area contributed by atoms with E-state index in [4.69, 9.17) is 14.2 Å². The van der Waals surface area contributed by atoms with Gasteiger partial charge < -0.3 is 24.8 Å². The largest absolute Gasteiger partial charge is 0.466 e. The number of hydrogen-bond acceptors (Lipinski definition) is 9. The van der Waals surface area contributed by atoms with Crippen molar-refractivity contribution >= 4 is 23.7 Å². The Bertz CT molecular complexity index is 1060. The van der Waals surface area contributed by atoms with Crippen molar-refractivity contribution in [3.63, 3.8) is 0 Å². The number of esters is 2. The minimum Gasteiger partial charge on any atom is -0.466 e. The molecular weight excluding hydrogens is 458 g/mol. The summed E-state index contributed by atoms with van der Waals surface area (Å²) in [4.78, 5) is 48.7. The summed E-state index contributed by atoms with van der Waals surface area (Å²) < 4.78 is 15.6. The van der Waals surface area contributed by atoms with Crippen LogP contribution in [0, 0.1) is 16.0 Å². The van der Waals surface area contributed by atoms with Gasteiger partial charge in [-0.25, -0.2) is 14.4 Å². The molecule has 11 nitrogen and oxygen atoms in total. The molecule has 190 valence electrons. The minimum atomic E-state index is -0.972. The molecule has 0 saturated heterocycles. The summed E-state index contributed by atoms with van der Waals surface area (Å²) in [7, 11) is 1.21. The van der Waals surface area contributed by atoms with E-state index < -0.39 is 34.9 Å². The third-order valence-corrected chi connectivity index (χ3v) is 5.29. The van der Waals surface area contributed by atoms with Gasteiger partial charge in [0.2, 0.25) is 0 Å². The number of alkyl carbamates (subject to hydrolysis) is 1. The molecule has 35 heavy (non-hydrogen) atoms. The lowest BCUT2D eigenvalue weighted by Crippen LogP contribution is -2.43. The molecule has 0 fully saturated rings. The highest BCUT2D eigenvalue weighted by Gasteiger charge is 2.37. The lowest BCUT2D eigenvalue weighted by Gasteiger charge is -2.30. The standard InChI is InChI=1S/C24H31N3O8/c1-7-34-22(28)18(11-13(2)3)26-24(30)35-21-15(5)25-14(4)19(23(29)33-6)20(21)16-9-8-10-17(12-16)27(31)32/h8-10,12-13,18,20,25H,7,11H2,1-6H3,(H,26,30)/t18-,20-/m1/s1. The zero-order valence-electron chi connectivity index (χ0n) is 20.7. The Balaban J connectivity index is 2.47. The van der Waals surface area contributed by atoms with Crippen LogP contribution in [0.25, 0.3) is 0 Å². The number of allylic oxidation sites excluding steroid dienone is 3. The number of carbonyl (C=O) groups is 3. The van der Waals surface area contributed by atoms with Crippen LogP contribution in [-0.2, 0) is 23.8 Å². The number of rotatable bonds is 9.